The predicted molar refractivity (Wildman–Crippen MR) is 127 cm³/mol. The molecular formula is C24H22F3N7O. The Morgan fingerprint density at radius 3 is 2.43 bits per heavy atom. The van der Waals surface area contributed by atoms with Gasteiger partial charge in [0.05, 0.1) is 17.0 Å². The first-order valence-corrected chi connectivity index (χ1v) is 11.1. The molecule has 8 nitrogen and oxygen atoms in total. The minimum Gasteiger partial charge on any atom is -0.383 e. The van der Waals surface area contributed by atoms with Crippen LogP contribution in [0.1, 0.15) is 37.3 Å². The van der Waals surface area contributed by atoms with E-state index in [-0.39, 0.29) is 11.7 Å². The SMILES string of the molecule is Nc1ncnc2c1c(-c1ccc(NC(=O)Nc3cccc(C(F)(F)F)c3)cc1)nn2C1CCCC1. The van der Waals surface area contributed by atoms with E-state index in [1.807, 2.05) is 4.68 Å². The van der Waals surface area contributed by atoms with Gasteiger partial charge in [0, 0.05) is 16.9 Å². The van der Waals surface area contributed by atoms with Crippen molar-refractivity contribution < 1.29 is 18.0 Å². The summed E-state index contributed by atoms with van der Waals surface area (Å²) < 4.78 is 40.6. The quantitative estimate of drug-likeness (QED) is 0.338. The zero-order valence-electron chi connectivity index (χ0n) is 18.5. The number of nitrogens with one attached hydrogen (secondary N) is 2. The molecule has 11 heteroatoms. The van der Waals surface area contributed by atoms with E-state index in [9.17, 15) is 18.0 Å². The Bertz CT molecular complexity index is 1380. The molecule has 0 saturated heterocycles. The molecule has 1 aliphatic rings. The van der Waals surface area contributed by atoms with Crippen molar-refractivity contribution in [3.8, 4) is 11.3 Å². The smallest absolute Gasteiger partial charge is 0.383 e. The van der Waals surface area contributed by atoms with Gasteiger partial charge in [-0.15, -0.1) is 0 Å². The van der Waals surface area contributed by atoms with Crippen LogP contribution in [0.4, 0.5) is 35.2 Å². The van der Waals surface area contributed by atoms with Gasteiger partial charge in [0.25, 0.3) is 0 Å². The Balaban J connectivity index is 1.36. The van der Waals surface area contributed by atoms with Crippen molar-refractivity contribution in [3.63, 3.8) is 0 Å². The molecule has 0 bridgehead atoms. The van der Waals surface area contributed by atoms with E-state index in [2.05, 4.69) is 20.6 Å². The molecule has 2 heterocycles. The molecule has 180 valence electrons. The molecule has 2 aromatic carbocycles. The second-order valence-corrected chi connectivity index (χ2v) is 8.42. The lowest BCUT2D eigenvalue weighted by Crippen LogP contribution is -2.19. The van der Waals surface area contributed by atoms with Crippen LogP contribution in [0.15, 0.2) is 54.9 Å². The minimum atomic E-state index is -4.49. The number of nitrogens with two attached hydrogens (primary N) is 1. The first-order chi connectivity index (χ1) is 16.8. The summed E-state index contributed by atoms with van der Waals surface area (Å²) in [6, 6.07) is 11.0. The maximum absolute atomic E-state index is 12.9. The molecule has 1 aliphatic carbocycles. The van der Waals surface area contributed by atoms with Gasteiger partial charge < -0.3 is 16.4 Å². The molecule has 35 heavy (non-hydrogen) atoms. The third-order valence-electron chi connectivity index (χ3n) is 6.05. The van der Waals surface area contributed by atoms with Crippen molar-refractivity contribution in [2.75, 3.05) is 16.4 Å². The standard InChI is InChI=1S/C24H22F3N7O/c25-24(26,27)15-4-3-5-17(12-15)32-23(35)31-16-10-8-14(9-11-16)20-19-21(28)29-13-30-22(19)34(33-20)18-6-1-2-7-18/h3-5,8-13,18H,1-2,6-7H2,(H2,28,29,30)(H2,31,32,35). The number of aromatic nitrogens is 4. The number of hydrogen-bond donors (Lipinski definition) is 3. The molecule has 0 radical (unpaired) electrons. The van der Waals surface area contributed by atoms with Crippen LogP contribution >= 0.6 is 0 Å². The Morgan fingerprint density at radius 1 is 1.00 bits per heavy atom. The van der Waals surface area contributed by atoms with Crippen molar-refractivity contribution in [2.24, 2.45) is 0 Å². The number of halogens is 3. The number of urea groups is 1. The molecular weight excluding hydrogens is 459 g/mol. The van der Waals surface area contributed by atoms with Gasteiger partial charge in [-0.2, -0.15) is 18.3 Å². The fourth-order valence-electron chi connectivity index (χ4n) is 4.38. The second-order valence-electron chi connectivity index (χ2n) is 8.42. The van der Waals surface area contributed by atoms with Gasteiger partial charge in [-0.1, -0.05) is 31.0 Å². The molecule has 0 unspecified atom stereocenters. The van der Waals surface area contributed by atoms with Gasteiger partial charge in [-0.05, 0) is 43.2 Å². The van der Waals surface area contributed by atoms with Crippen LogP contribution in [0.5, 0.6) is 0 Å². The lowest BCUT2D eigenvalue weighted by Gasteiger charge is -2.11. The number of hydrogen-bond acceptors (Lipinski definition) is 5. The van der Waals surface area contributed by atoms with Crippen LogP contribution in [-0.2, 0) is 6.18 Å². The number of nitrogen functional groups attached to an aromatic ring is 1. The number of rotatable bonds is 4. The molecule has 5 rings (SSSR count). The van der Waals surface area contributed by atoms with E-state index in [1.165, 1.54) is 18.5 Å². The average molecular weight is 481 g/mol. The normalized spacial score (nSPS) is 14.4. The number of nitrogens with zero attached hydrogens (tertiary/aromatic N) is 4. The summed E-state index contributed by atoms with van der Waals surface area (Å²) in [4.78, 5) is 20.9. The van der Waals surface area contributed by atoms with Gasteiger partial charge in [-0.25, -0.2) is 19.4 Å². The Hall–Kier alpha value is -4.15. The van der Waals surface area contributed by atoms with Crippen molar-refractivity contribution in [3.05, 3.63) is 60.4 Å². The highest BCUT2D eigenvalue weighted by atomic mass is 19.4. The molecule has 1 saturated carbocycles. The lowest BCUT2D eigenvalue weighted by molar-refractivity contribution is -0.137. The van der Waals surface area contributed by atoms with Gasteiger partial charge in [-0.3, -0.25) is 0 Å². The first kappa shape index (κ1) is 22.6. The van der Waals surface area contributed by atoms with Crippen LogP contribution in [-0.4, -0.2) is 25.8 Å². The van der Waals surface area contributed by atoms with Crippen LogP contribution in [0.3, 0.4) is 0 Å². The molecule has 4 aromatic rings. The maximum atomic E-state index is 12.9. The number of alkyl halides is 3. The summed E-state index contributed by atoms with van der Waals surface area (Å²) in [6.45, 7) is 0. The summed E-state index contributed by atoms with van der Waals surface area (Å²) >= 11 is 0. The summed E-state index contributed by atoms with van der Waals surface area (Å²) in [5.41, 5.74) is 7.96. The second kappa shape index (κ2) is 8.90. The Morgan fingerprint density at radius 2 is 1.71 bits per heavy atom. The van der Waals surface area contributed by atoms with Gasteiger partial charge in [0.1, 0.15) is 17.8 Å². The first-order valence-electron chi connectivity index (χ1n) is 11.1. The van der Waals surface area contributed by atoms with Crippen LogP contribution < -0.4 is 16.4 Å². The Labute approximate surface area is 198 Å². The molecule has 2 aromatic heterocycles. The summed E-state index contributed by atoms with van der Waals surface area (Å²) in [5, 5.41) is 10.5. The van der Waals surface area contributed by atoms with Crippen molar-refractivity contribution in [1.82, 2.24) is 19.7 Å². The average Bonchev–Trinajstić information content (AvgIpc) is 3.48. The zero-order valence-corrected chi connectivity index (χ0v) is 18.5. The van der Waals surface area contributed by atoms with Gasteiger partial charge in [0.15, 0.2) is 5.65 Å². The van der Waals surface area contributed by atoms with E-state index < -0.39 is 17.8 Å². The van der Waals surface area contributed by atoms with Crippen molar-refractivity contribution in [1.29, 1.82) is 0 Å². The third kappa shape index (κ3) is 4.61. The van der Waals surface area contributed by atoms with Crippen LogP contribution in [0.2, 0.25) is 0 Å². The highest BCUT2D eigenvalue weighted by molar-refractivity contribution is 6.01. The predicted octanol–water partition coefficient (Wildman–Crippen LogP) is 5.85. The molecule has 0 atom stereocenters. The third-order valence-corrected chi connectivity index (χ3v) is 6.05. The molecule has 0 aliphatic heterocycles. The molecule has 4 N–H and O–H groups in total. The van der Waals surface area contributed by atoms with E-state index in [0.717, 1.165) is 43.4 Å². The highest BCUT2D eigenvalue weighted by Crippen LogP contribution is 2.36. The van der Waals surface area contributed by atoms with E-state index in [4.69, 9.17) is 10.8 Å². The van der Waals surface area contributed by atoms with Crippen molar-refractivity contribution in [2.45, 2.75) is 37.9 Å². The molecule has 1 fully saturated rings. The Kier molecular flexibility index (Phi) is 5.75. The van der Waals surface area contributed by atoms with Gasteiger partial charge >= 0.3 is 12.2 Å². The summed E-state index contributed by atoms with van der Waals surface area (Å²) in [5.74, 6) is 0.344. The number of carbonyl (C=O) groups is 1. The lowest BCUT2D eigenvalue weighted by atomic mass is 10.1. The van der Waals surface area contributed by atoms with Crippen LogP contribution in [0.25, 0.3) is 22.3 Å². The fourth-order valence-corrected chi connectivity index (χ4v) is 4.38. The number of benzene rings is 2. The van der Waals surface area contributed by atoms with E-state index >= 15 is 0 Å². The molecule has 2 amide bonds. The summed E-state index contributed by atoms with van der Waals surface area (Å²) in [7, 11) is 0. The summed E-state index contributed by atoms with van der Waals surface area (Å²) in [6.07, 6.45) is 1.29. The van der Waals surface area contributed by atoms with E-state index in [1.54, 1.807) is 24.3 Å². The maximum Gasteiger partial charge on any atom is 0.416 e. The zero-order chi connectivity index (χ0) is 24.6. The number of amides is 2. The largest absolute Gasteiger partial charge is 0.416 e. The monoisotopic (exact) mass is 481 g/mol. The number of anilines is 3. The van der Waals surface area contributed by atoms with E-state index in [0.29, 0.717) is 28.2 Å². The molecule has 0 spiro atoms. The topological polar surface area (TPSA) is 111 Å². The number of carbonyl (C=O) groups excluding carboxylic acids is 1. The fraction of sp³-hybridized carbons (Fsp3) is 0.250. The minimum absolute atomic E-state index is 0.0355. The van der Waals surface area contributed by atoms with Gasteiger partial charge in [0.2, 0.25) is 0 Å². The number of fused-ring (bicyclic) bond motifs is 1. The van der Waals surface area contributed by atoms with Crippen molar-refractivity contribution >= 4 is 34.3 Å². The van der Waals surface area contributed by atoms with Crippen LogP contribution in [0, 0.1) is 0 Å². The highest BCUT2D eigenvalue weighted by Gasteiger charge is 2.30.